The maximum atomic E-state index is 12.0. The van der Waals surface area contributed by atoms with E-state index in [4.69, 9.17) is 0 Å². The largest absolute Gasteiger partial charge is 0.342 e. The van der Waals surface area contributed by atoms with Gasteiger partial charge in [-0.15, -0.1) is 5.10 Å². The van der Waals surface area contributed by atoms with E-state index in [0.717, 1.165) is 38.3 Å². The van der Waals surface area contributed by atoms with Crippen molar-refractivity contribution in [1.82, 2.24) is 30.0 Å². The molecule has 0 bridgehead atoms. The summed E-state index contributed by atoms with van der Waals surface area (Å²) in [6, 6.07) is 0. The van der Waals surface area contributed by atoms with Crippen molar-refractivity contribution in [3.63, 3.8) is 0 Å². The van der Waals surface area contributed by atoms with Gasteiger partial charge in [-0.3, -0.25) is 9.69 Å². The van der Waals surface area contributed by atoms with Crippen molar-refractivity contribution < 1.29 is 4.79 Å². The van der Waals surface area contributed by atoms with E-state index in [1.807, 2.05) is 35.4 Å². The van der Waals surface area contributed by atoms with E-state index in [9.17, 15) is 4.79 Å². The molecule has 1 aromatic heterocycles. The van der Waals surface area contributed by atoms with Gasteiger partial charge in [0, 0.05) is 19.6 Å². The van der Waals surface area contributed by atoms with Crippen molar-refractivity contribution in [3.05, 3.63) is 5.82 Å². The van der Waals surface area contributed by atoms with Crippen molar-refractivity contribution in [2.24, 2.45) is 0 Å². The number of likely N-dealkylation sites (N-methyl/N-ethyl adjacent to an activating group) is 2. The summed E-state index contributed by atoms with van der Waals surface area (Å²) >= 11 is 0. The van der Waals surface area contributed by atoms with E-state index in [1.54, 1.807) is 0 Å². The van der Waals surface area contributed by atoms with Crippen LogP contribution in [0.3, 0.4) is 0 Å². The molecule has 0 aromatic carbocycles. The van der Waals surface area contributed by atoms with Crippen LogP contribution in [0, 0.1) is 0 Å². The van der Waals surface area contributed by atoms with Crippen molar-refractivity contribution in [1.29, 1.82) is 0 Å². The maximum absolute atomic E-state index is 12.0. The van der Waals surface area contributed by atoms with Crippen molar-refractivity contribution in [2.75, 3.05) is 26.7 Å². The first-order valence-corrected chi connectivity index (χ1v) is 7.33. The monoisotopic (exact) mass is 282 g/mol. The number of hydrogen-bond acceptors (Lipinski definition) is 5. The molecule has 0 aliphatic rings. The Morgan fingerprint density at radius 3 is 2.55 bits per heavy atom. The Hall–Kier alpha value is -1.50. The Labute approximate surface area is 120 Å². The SMILES string of the molecule is CCCCn1nnnc1CN(C)CC(=O)N(CC)CC. The minimum Gasteiger partial charge on any atom is -0.342 e. The van der Waals surface area contributed by atoms with E-state index < -0.39 is 0 Å². The zero-order chi connectivity index (χ0) is 15.0. The van der Waals surface area contributed by atoms with Gasteiger partial charge in [-0.2, -0.15) is 0 Å². The van der Waals surface area contributed by atoms with E-state index in [2.05, 4.69) is 22.4 Å². The average molecular weight is 282 g/mol. The van der Waals surface area contributed by atoms with Crippen LogP contribution in [0.4, 0.5) is 0 Å². The molecule has 7 nitrogen and oxygen atoms in total. The second-order valence-corrected chi connectivity index (χ2v) is 4.91. The van der Waals surface area contributed by atoms with Crippen molar-refractivity contribution in [2.45, 2.75) is 46.7 Å². The molecule has 0 saturated carbocycles. The van der Waals surface area contributed by atoms with Gasteiger partial charge in [0.15, 0.2) is 5.82 Å². The topological polar surface area (TPSA) is 67.2 Å². The van der Waals surface area contributed by atoms with Crippen LogP contribution in [0.15, 0.2) is 0 Å². The van der Waals surface area contributed by atoms with Gasteiger partial charge in [-0.25, -0.2) is 4.68 Å². The highest BCUT2D eigenvalue weighted by atomic mass is 16.2. The standard InChI is InChI=1S/C13H26N6O/c1-5-8-9-19-12(14-15-16-19)10-17(4)11-13(20)18(6-2)7-3/h5-11H2,1-4H3. The van der Waals surface area contributed by atoms with Crippen LogP contribution >= 0.6 is 0 Å². The first-order chi connectivity index (χ1) is 9.62. The minimum absolute atomic E-state index is 0.144. The number of unbranched alkanes of at least 4 members (excludes halogenated alkanes) is 1. The van der Waals surface area contributed by atoms with Crippen LogP contribution in [-0.4, -0.2) is 62.6 Å². The maximum Gasteiger partial charge on any atom is 0.236 e. The fraction of sp³-hybridized carbons (Fsp3) is 0.846. The summed E-state index contributed by atoms with van der Waals surface area (Å²) in [7, 11) is 1.92. The molecule has 1 heterocycles. The van der Waals surface area contributed by atoms with Gasteiger partial charge in [0.25, 0.3) is 0 Å². The molecule has 0 fully saturated rings. The number of nitrogens with zero attached hydrogens (tertiary/aromatic N) is 6. The summed E-state index contributed by atoms with van der Waals surface area (Å²) in [5.41, 5.74) is 0. The number of carbonyl (C=O) groups excluding carboxylic acids is 1. The van der Waals surface area contributed by atoms with E-state index in [-0.39, 0.29) is 5.91 Å². The van der Waals surface area contributed by atoms with Crippen LogP contribution in [0.1, 0.15) is 39.4 Å². The summed E-state index contributed by atoms with van der Waals surface area (Å²) in [5, 5.41) is 11.7. The molecule has 0 aliphatic heterocycles. The summed E-state index contributed by atoms with van der Waals surface area (Å²) in [5.74, 6) is 0.957. The molecule has 0 spiro atoms. The number of hydrogen-bond donors (Lipinski definition) is 0. The van der Waals surface area contributed by atoms with Gasteiger partial charge >= 0.3 is 0 Å². The molecule has 0 radical (unpaired) electrons. The van der Waals surface area contributed by atoms with E-state index in [1.165, 1.54) is 0 Å². The first kappa shape index (κ1) is 16.6. The lowest BCUT2D eigenvalue weighted by molar-refractivity contribution is -0.131. The smallest absolute Gasteiger partial charge is 0.236 e. The molecule has 1 aromatic rings. The molecule has 20 heavy (non-hydrogen) atoms. The van der Waals surface area contributed by atoms with Crippen molar-refractivity contribution in [3.8, 4) is 0 Å². The molecule has 0 atom stereocenters. The number of tetrazole rings is 1. The zero-order valence-electron chi connectivity index (χ0n) is 13.0. The molecule has 0 saturated heterocycles. The van der Waals surface area contributed by atoms with Gasteiger partial charge in [0.2, 0.25) is 5.91 Å². The molecular formula is C13H26N6O. The van der Waals surface area contributed by atoms with Crippen LogP contribution in [0.2, 0.25) is 0 Å². The lowest BCUT2D eigenvalue weighted by Crippen LogP contribution is -2.38. The van der Waals surface area contributed by atoms with Crippen LogP contribution in [0.25, 0.3) is 0 Å². The molecule has 7 heteroatoms. The second kappa shape index (κ2) is 8.63. The van der Waals surface area contributed by atoms with Crippen molar-refractivity contribution >= 4 is 5.91 Å². The fourth-order valence-electron chi connectivity index (χ4n) is 2.02. The first-order valence-electron chi connectivity index (χ1n) is 7.33. The van der Waals surface area contributed by atoms with E-state index >= 15 is 0 Å². The van der Waals surface area contributed by atoms with Crippen LogP contribution in [-0.2, 0) is 17.9 Å². The highest BCUT2D eigenvalue weighted by Crippen LogP contribution is 2.01. The quantitative estimate of drug-likeness (QED) is 0.669. The summed E-state index contributed by atoms with van der Waals surface area (Å²) in [4.78, 5) is 15.8. The molecule has 114 valence electrons. The number of carbonyl (C=O) groups is 1. The van der Waals surface area contributed by atoms with Gasteiger partial charge in [0.05, 0.1) is 13.1 Å². The summed E-state index contributed by atoms with van der Waals surface area (Å²) in [6.07, 6.45) is 2.16. The Morgan fingerprint density at radius 1 is 1.25 bits per heavy atom. The molecule has 0 aliphatic carbocycles. The van der Waals surface area contributed by atoms with Gasteiger partial charge < -0.3 is 4.90 Å². The van der Waals surface area contributed by atoms with Crippen LogP contribution in [0.5, 0.6) is 0 Å². The Morgan fingerprint density at radius 2 is 1.95 bits per heavy atom. The highest BCUT2D eigenvalue weighted by molar-refractivity contribution is 5.78. The molecule has 1 amide bonds. The lowest BCUT2D eigenvalue weighted by Gasteiger charge is -2.22. The number of rotatable bonds is 9. The Balaban J connectivity index is 2.51. The van der Waals surface area contributed by atoms with Gasteiger partial charge in [-0.1, -0.05) is 13.3 Å². The zero-order valence-corrected chi connectivity index (χ0v) is 13.0. The number of amides is 1. The summed E-state index contributed by atoms with van der Waals surface area (Å²) in [6.45, 7) is 9.43. The predicted octanol–water partition coefficient (Wildman–Crippen LogP) is 0.773. The fourth-order valence-corrected chi connectivity index (χ4v) is 2.02. The van der Waals surface area contributed by atoms with Gasteiger partial charge in [0.1, 0.15) is 0 Å². The summed E-state index contributed by atoms with van der Waals surface area (Å²) < 4.78 is 1.82. The number of aromatic nitrogens is 4. The van der Waals surface area contributed by atoms with E-state index in [0.29, 0.717) is 13.1 Å². The second-order valence-electron chi connectivity index (χ2n) is 4.91. The average Bonchev–Trinajstić information content (AvgIpc) is 2.84. The third kappa shape index (κ3) is 4.88. The lowest BCUT2D eigenvalue weighted by atomic mass is 10.3. The van der Waals surface area contributed by atoms with Gasteiger partial charge in [-0.05, 0) is 37.7 Å². The highest BCUT2D eigenvalue weighted by Gasteiger charge is 2.15. The minimum atomic E-state index is 0.144. The molecule has 0 N–H and O–H groups in total. The Kier molecular flexibility index (Phi) is 7.14. The molecule has 1 rings (SSSR count). The normalized spacial score (nSPS) is 11.1. The predicted molar refractivity (Wildman–Crippen MR) is 77.0 cm³/mol. The number of aryl methyl sites for hydroxylation is 1. The molecule has 0 unspecified atom stereocenters. The third-order valence-electron chi connectivity index (χ3n) is 3.26. The Bertz CT molecular complexity index is 401. The molecular weight excluding hydrogens is 256 g/mol. The third-order valence-corrected chi connectivity index (χ3v) is 3.26. The van der Waals surface area contributed by atoms with Crippen LogP contribution < -0.4 is 0 Å².